The van der Waals surface area contributed by atoms with Crippen LogP contribution >= 0.6 is 22.9 Å². The van der Waals surface area contributed by atoms with Crippen molar-refractivity contribution in [3.05, 3.63) is 57.9 Å². The highest BCUT2D eigenvalue weighted by atomic mass is 35.5. The van der Waals surface area contributed by atoms with Gasteiger partial charge in [0.15, 0.2) is 0 Å². The fraction of sp³-hybridized carbons (Fsp3) is 0.118. The maximum Gasteiger partial charge on any atom is 0.204 e. The Morgan fingerprint density at radius 1 is 1.00 bits per heavy atom. The van der Waals surface area contributed by atoms with E-state index in [2.05, 4.69) is 0 Å². The van der Waals surface area contributed by atoms with Gasteiger partial charge in [-0.2, -0.15) is 0 Å². The van der Waals surface area contributed by atoms with Crippen molar-refractivity contribution in [2.24, 2.45) is 0 Å². The van der Waals surface area contributed by atoms with Crippen LogP contribution in [0.2, 0.25) is 5.02 Å². The lowest BCUT2D eigenvalue weighted by atomic mass is 10.1. The average Bonchev–Trinajstić information content (AvgIpc) is 2.90. The molecule has 0 aliphatic rings. The van der Waals surface area contributed by atoms with Gasteiger partial charge in [0.2, 0.25) is 5.78 Å². The Morgan fingerprint density at radius 2 is 1.64 bits per heavy atom. The van der Waals surface area contributed by atoms with Crippen molar-refractivity contribution >= 4 is 38.8 Å². The fourth-order valence-corrected chi connectivity index (χ4v) is 3.70. The average molecular weight is 333 g/mol. The monoisotopic (exact) mass is 332 g/mol. The zero-order valence-corrected chi connectivity index (χ0v) is 13.6. The molecule has 0 amide bonds. The van der Waals surface area contributed by atoms with Crippen molar-refractivity contribution in [3.63, 3.8) is 0 Å². The van der Waals surface area contributed by atoms with Gasteiger partial charge in [-0.25, -0.2) is 0 Å². The number of carbonyl (C=O) groups excluding carboxylic acids is 1. The third kappa shape index (κ3) is 2.56. The fourth-order valence-electron chi connectivity index (χ4n) is 2.19. The number of rotatable bonds is 4. The van der Waals surface area contributed by atoms with E-state index in [0.717, 1.165) is 15.8 Å². The van der Waals surface area contributed by atoms with Gasteiger partial charge in [-0.05, 0) is 42.5 Å². The van der Waals surface area contributed by atoms with Gasteiger partial charge in [0, 0.05) is 15.6 Å². The molecule has 3 nitrogen and oxygen atoms in total. The van der Waals surface area contributed by atoms with Crippen LogP contribution in [0.4, 0.5) is 0 Å². The molecule has 22 heavy (non-hydrogen) atoms. The lowest BCUT2D eigenvalue weighted by Crippen LogP contribution is -1.99. The lowest BCUT2D eigenvalue weighted by Gasteiger charge is -2.02. The summed E-state index contributed by atoms with van der Waals surface area (Å²) in [6, 6.07) is 12.6. The van der Waals surface area contributed by atoms with Crippen LogP contribution in [0.25, 0.3) is 10.1 Å². The summed E-state index contributed by atoms with van der Waals surface area (Å²) in [6.45, 7) is 0. The summed E-state index contributed by atoms with van der Waals surface area (Å²) < 4.78 is 11.2. The van der Waals surface area contributed by atoms with Gasteiger partial charge in [0.05, 0.1) is 24.1 Å². The smallest absolute Gasteiger partial charge is 0.204 e. The number of hydrogen-bond acceptors (Lipinski definition) is 4. The van der Waals surface area contributed by atoms with Gasteiger partial charge in [-0.1, -0.05) is 11.6 Å². The zero-order chi connectivity index (χ0) is 15.7. The molecule has 0 aliphatic carbocycles. The standard InChI is InChI=1S/C17H13ClO3S/c1-20-11-5-3-10(4-6-11)16(19)17-15(18)13-8-7-12(21-2)9-14(13)22-17/h3-9H,1-2H3. The van der Waals surface area contributed by atoms with E-state index >= 15 is 0 Å². The number of benzene rings is 2. The first kappa shape index (κ1) is 14.9. The second-order valence-corrected chi connectivity index (χ2v) is 6.10. The number of halogens is 1. The molecule has 0 bridgehead atoms. The Kier molecular flexibility index (Phi) is 4.05. The predicted octanol–water partition coefficient (Wildman–Crippen LogP) is 4.80. The molecule has 0 spiro atoms. The minimum atomic E-state index is -0.0900. The maximum atomic E-state index is 12.6. The molecule has 0 unspecified atom stereocenters. The molecular weight excluding hydrogens is 320 g/mol. The quantitative estimate of drug-likeness (QED) is 0.643. The first-order valence-electron chi connectivity index (χ1n) is 6.59. The summed E-state index contributed by atoms with van der Waals surface area (Å²) >= 11 is 7.75. The number of ketones is 1. The highest BCUT2D eigenvalue weighted by molar-refractivity contribution is 7.21. The summed E-state index contributed by atoms with van der Waals surface area (Å²) in [5, 5.41) is 1.35. The predicted molar refractivity (Wildman–Crippen MR) is 89.8 cm³/mol. The lowest BCUT2D eigenvalue weighted by molar-refractivity contribution is 0.104. The topological polar surface area (TPSA) is 35.5 Å². The Balaban J connectivity index is 2.04. The molecular formula is C17H13ClO3S. The second kappa shape index (κ2) is 5.99. The van der Waals surface area contributed by atoms with Crippen molar-refractivity contribution in [1.29, 1.82) is 0 Å². The van der Waals surface area contributed by atoms with Crippen LogP contribution in [0.1, 0.15) is 15.2 Å². The van der Waals surface area contributed by atoms with Crippen LogP contribution in [0.15, 0.2) is 42.5 Å². The molecule has 0 atom stereocenters. The Hall–Kier alpha value is -2.04. The van der Waals surface area contributed by atoms with E-state index in [1.54, 1.807) is 38.5 Å². The van der Waals surface area contributed by atoms with Crippen LogP contribution in [0.3, 0.4) is 0 Å². The van der Waals surface area contributed by atoms with Gasteiger partial charge < -0.3 is 9.47 Å². The van der Waals surface area contributed by atoms with Gasteiger partial charge in [-0.3, -0.25) is 4.79 Å². The van der Waals surface area contributed by atoms with Crippen molar-refractivity contribution in [2.45, 2.75) is 0 Å². The maximum absolute atomic E-state index is 12.6. The number of carbonyl (C=O) groups is 1. The van der Waals surface area contributed by atoms with Gasteiger partial charge in [-0.15, -0.1) is 11.3 Å². The van der Waals surface area contributed by atoms with E-state index in [1.807, 2.05) is 18.2 Å². The van der Waals surface area contributed by atoms with Crippen LogP contribution in [-0.2, 0) is 0 Å². The molecule has 0 saturated heterocycles. The zero-order valence-electron chi connectivity index (χ0n) is 12.1. The molecule has 0 saturated carbocycles. The normalized spacial score (nSPS) is 10.7. The first-order valence-corrected chi connectivity index (χ1v) is 7.78. The van der Waals surface area contributed by atoms with Gasteiger partial charge >= 0.3 is 0 Å². The van der Waals surface area contributed by atoms with Crippen LogP contribution in [0, 0.1) is 0 Å². The highest BCUT2D eigenvalue weighted by Crippen LogP contribution is 2.38. The Bertz CT molecular complexity index is 837. The SMILES string of the molecule is COc1ccc(C(=O)c2sc3cc(OC)ccc3c2Cl)cc1. The Morgan fingerprint density at radius 3 is 2.27 bits per heavy atom. The van der Waals surface area contributed by atoms with E-state index in [9.17, 15) is 4.79 Å². The van der Waals surface area contributed by atoms with Crippen molar-refractivity contribution in [3.8, 4) is 11.5 Å². The minimum Gasteiger partial charge on any atom is -0.497 e. The summed E-state index contributed by atoms with van der Waals surface area (Å²) in [5.74, 6) is 1.37. The van der Waals surface area contributed by atoms with Crippen molar-refractivity contribution < 1.29 is 14.3 Å². The van der Waals surface area contributed by atoms with Crippen molar-refractivity contribution in [1.82, 2.24) is 0 Å². The summed E-state index contributed by atoms with van der Waals surface area (Å²) in [7, 11) is 3.20. The summed E-state index contributed by atoms with van der Waals surface area (Å²) in [6.07, 6.45) is 0. The number of ether oxygens (including phenoxy) is 2. The molecule has 112 valence electrons. The minimum absolute atomic E-state index is 0.0900. The van der Waals surface area contributed by atoms with E-state index < -0.39 is 0 Å². The third-order valence-electron chi connectivity index (χ3n) is 3.40. The van der Waals surface area contributed by atoms with E-state index in [-0.39, 0.29) is 5.78 Å². The van der Waals surface area contributed by atoms with Gasteiger partial charge in [0.25, 0.3) is 0 Å². The van der Waals surface area contributed by atoms with E-state index in [0.29, 0.717) is 21.2 Å². The van der Waals surface area contributed by atoms with Crippen LogP contribution < -0.4 is 9.47 Å². The molecule has 0 radical (unpaired) electrons. The molecule has 3 rings (SSSR count). The molecule has 0 N–H and O–H groups in total. The number of methoxy groups -OCH3 is 2. The molecule has 2 aromatic carbocycles. The Labute approximate surface area is 137 Å². The van der Waals surface area contributed by atoms with E-state index in [1.165, 1.54) is 11.3 Å². The van der Waals surface area contributed by atoms with Gasteiger partial charge in [0.1, 0.15) is 11.5 Å². The first-order chi connectivity index (χ1) is 10.6. The largest absolute Gasteiger partial charge is 0.497 e. The van der Waals surface area contributed by atoms with Crippen LogP contribution in [0.5, 0.6) is 11.5 Å². The number of hydrogen-bond donors (Lipinski definition) is 0. The van der Waals surface area contributed by atoms with E-state index in [4.69, 9.17) is 21.1 Å². The molecule has 3 aromatic rings. The summed E-state index contributed by atoms with van der Waals surface area (Å²) in [4.78, 5) is 13.2. The number of thiophene rings is 1. The molecule has 1 heterocycles. The molecule has 0 fully saturated rings. The molecule has 0 aliphatic heterocycles. The van der Waals surface area contributed by atoms with Crippen LogP contribution in [-0.4, -0.2) is 20.0 Å². The third-order valence-corrected chi connectivity index (χ3v) is 5.05. The highest BCUT2D eigenvalue weighted by Gasteiger charge is 2.19. The van der Waals surface area contributed by atoms with Crippen molar-refractivity contribution in [2.75, 3.05) is 14.2 Å². The number of fused-ring (bicyclic) bond motifs is 1. The molecule has 1 aromatic heterocycles. The summed E-state index contributed by atoms with van der Waals surface area (Å²) in [5.41, 5.74) is 0.584. The second-order valence-electron chi connectivity index (χ2n) is 4.66. The molecule has 5 heteroatoms.